The summed E-state index contributed by atoms with van der Waals surface area (Å²) >= 11 is 1.62. The summed E-state index contributed by atoms with van der Waals surface area (Å²) in [6, 6.07) is 5.35. The monoisotopic (exact) mass is 329 g/mol. The predicted molar refractivity (Wildman–Crippen MR) is 90.4 cm³/mol. The molecule has 1 unspecified atom stereocenters. The molecule has 0 amide bonds. The minimum atomic E-state index is -0.339. The number of thioether (sulfide) groups is 1. The van der Waals surface area contributed by atoms with Crippen LogP contribution in [0, 0.1) is 0 Å². The average molecular weight is 329 g/mol. The van der Waals surface area contributed by atoms with E-state index in [9.17, 15) is 4.79 Å². The number of fused-ring (bicyclic) bond motifs is 1. The summed E-state index contributed by atoms with van der Waals surface area (Å²) in [6.45, 7) is 5.59. The molecule has 3 rings (SSSR count). The Bertz CT molecular complexity index is 753. The Morgan fingerprint density at radius 1 is 1.43 bits per heavy atom. The van der Waals surface area contributed by atoms with Crippen molar-refractivity contribution in [2.75, 3.05) is 11.1 Å². The number of ketones is 1. The Hall–Kier alpha value is -2.15. The first kappa shape index (κ1) is 15.7. The molecule has 7 heteroatoms. The van der Waals surface area contributed by atoms with Crippen LogP contribution in [0.1, 0.15) is 38.9 Å². The first-order valence-electron chi connectivity index (χ1n) is 7.60. The van der Waals surface area contributed by atoms with Crippen molar-refractivity contribution in [3.63, 3.8) is 0 Å². The second-order valence-electron chi connectivity index (χ2n) is 5.39. The topological polar surface area (TPSA) is 72.7 Å². The number of allylic oxidation sites excluding steroid dienone is 2. The molecule has 0 aromatic carbocycles. The molecule has 0 radical (unpaired) electrons. The maximum atomic E-state index is 12.2. The van der Waals surface area contributed by atoms with E-state index in [1.54, 1.807) is 29.6 Å². The molecule has 0 aliphatic carbocycles. The van der Waals surface area contributed by atoms with Crippen molar-refractivity contribution >= 4 is 23.5 Å². The highest BCUT2D eigenvalue weighted by Crippen LogP contribution is 2.35. The second-order valence-corrected chi connectivity index (χ2v) is 6.45. The zero-order chi connectivity index (χ0) is 16.4. The Labute approximate surface area is 139 Å². The summed E-state index contributed by atoms with van der Waals surface area (Å²) in [6.07, 6.45) is 2.79. The third kappa shape index (κ3) is 3.01. The predicted octanol–water partition coefficient (Wildman–Crippen LogP) is 3.05. The standard InChI is InChI=1S/C16H19N5OS/c1-4-9-23-16-19-15-18-10(2)13(11(3)22)14(21(15)20-16)12-7-5-6-8-17-12/h5-8,14H,4,9H2,1-3H3,(H,18,19,20). The maximum Gasteiger partial charge on any atom is 0.227 e. The molecule has 120 valence electrons. The molecule has 0 fully saturated rings. The third-order valence-corrected chi connectivity index (χ3v) is 4.66. The zero-order valence-electron chi connectivity index (χ0n) is 13.4. The molecule has 6 nitrogen and oxygen atoms in total. The van der Waals surface area contributed by atoms with Crippen LogP contribution >= 0.6 is 11.8 Å². The molecule has 2 aromatic rings. The van der Waals surface area contributed by atoms with E-state index in [0.717, 1.165) is 23.6 Å². The van der Waals surface area contributed by atoms with Crippen LogP contribution in [0.25, 0.3) is 0 Å². The van der Waals surface area contributed by atoms with Gasteiger partial charge in [0.2, 0.25) is 11.1 Å². The van der Waals surface area contributed by atoms with Crippen LogP contribution in [0.4, 0.5) is 5.95 Å². The highest BCUT2D eigenvalue weighted by atomic mass is 32.2. The number of rotatable bonds is 5. The van der Waals surface area contributed by atoms with Crippen molar-refractivity contribution in [3.05, 3.63) is 41.4 Å². The molecule has 23 heavy (non-hydrogen) atoms. The van der Waals surface area contributed by atoms with Gasteiger partial charge in [0.25, 0.3) is 0 Å². The van der Waals surface area contributed by atoms with Gasteiger partial charge in [-0.05, 0) is 32.4 Å². The second kappa shape index (κ2) is 6.54. The minimum Gasteiger partial charge on any atom is -0.328 e. The van der Waals surface area contributed by atoms with Crippen molar-refractivity contribution in [3.8, 4) is 0 Å². The SMILES string of the molecule is CCCSc1nc2n(n1)C(c1ccccn1)C(C(C)=O)=C(C)N2. The first-order valence-corrected chi connectivity index (χ1v) is 8.59. The Morgan fingerprint density at radius 3 is 2.91 bits per heavy atom. The molecule has 0 bridgehead atoms. The van der Waals surface area contributed by atoms with E-state index in [1.807, 2.05) is 25.1 Å². The lowest BCUT2D eigenvalue weighted by molar-refractivity contribution is -0.114. The van der Waals surface area contributed by atoms with Gasteiger partial charge in [0, 0.05) is 23.2 Å². The number of hydrogen-bond donors (Lipinski definition) is 1. The summed E-state index contributed by atoms with van der Waals surface area (Å²) in [7, 11) is 0. The lowest BCUT2D eigenvalue weighted by Crippen LogP contribution is -2.28. The van der Waals surface area contributed by atoms with Crippen LogP contribution in [0.3, 0.4) is 0 Å². The van der Waals surface area contributed by atoms with Gasteiger partial charge in [-0.1, -0.05) is 24.8 Å². The number of carbonyl (C=O) groups is 1. The van der Waals surface area contributed by atoms with Gasteiger partial charge in [-0.2, -0.15) is 4.98 Å². The number of aromatic nitrogens is 4. The highest BCUT2D eigenvalue weighted by Gasteiger charge is 2.33. The van der Waals surface area contributed by atoms with Gasteiger partial charge < -0.3 is 5.32 Å². The van der Waals surface area contributed by atoms with Gasteiger partial charge >= 0.3 is 0 Å². The molecule has 1 aliphatic rings. The number of carbonyl (C=O) groups excluding carboxylic acids is 1. The van der Waals surface area contributed by atoms with Crippen LogP contribution in [0.5, 0.6) is 0 Å². The number of anilines is 1. The lowest BCUT2D eigenvalue weighted by Gasteiger charge is -2.27. The number of nitrogens with zero attached hydrogens (tertiary/aromatic N) is 4. The summed E-state index contributed by atoms with van der Waals surface area (Å²) in [5.41, 5.74) is 2.27. The molecule has 1 atom stereocenters. The van der Waals surface area contributed by atoms with Crippen molar-refractivity contribution in [1.29, 1.82) is 0 Å². The largest absolute Gasteiger partial charge is 0.328 e. The fourth-order valence-electron chi connectivity index (χ4n) is 2.65. The van der Waals surface area contributed by atoms with Crippen LogP contribution in [-0.4, -0.2) is 31.3 Å². The molecule has 0 saturated heterocycles. The molecule has 1 aliphatic heterocycles. The fourth-order valence-corrected chi connectivity index (χ4v) is 3.34. The Balaban J connectivity index is 2.09. The molecule has 0 spiro atoms. The van der Waals surface area contributed by atoms with Crippen molar-refractivity contribution in [2.24, 2.45) is 0 Å². The van der Waals surface area contributed by atoms with E-state index >= 15 is 0 Å². The molecular weight excluding hydrogens is 310 g/mol. The molecular formula is C16H19N5OS. The maximum absolute atomic E-state index is 12.2. The van der Waals surface area contributed by atoms with Gasteiger partial charge in [-0.3, -0.25) is 9.78 Å². The lowest BCUT2D eigenvalue weighted by atomic mass is 9.96. The Morgan fingerprint density at radius 2 is 2.26 bits per heavy atom. The van der Waals surface area contributed by atoms with E-state index in [1.165, 1.54) is 0 Å². The minimum absolute atomic E-state index is 0.00886. The van der Waals surface area contributed by atoms with Gasteiger partial charge in [0.1, 0.15) is 6.04 Å². The fraction of sp³-hybridized carbons (Fsp3) is 0.375. The first-order chi connectivity index (χ1) is 11.1. The van der Waals surface area contributed by atoms with Crippen LogP contribution in [0.15, 0.2) is 40.8 Å². The van der Waals surface area contributed by atoms with E-state index in [4.69, 9.17) is 0 Å². The zero-order valence-corrected chi connectivity index (χ0v) is 14.2. The van der Waals surface area contributed by atoms with E-state index in [-0.39, 0.29) is 11.8 Å². The van der Waals surface area contributed by atoms with Crippen molar-refractivity contribution < 1.29 is 4.79 Å². The molecule has 2 aromatic heterocycles. The van der Waals surface area contributed by atoms with Gasteiger partial charge in [-0.15, -0.1) is 5.10 Å². The van der Waals surface area contributed by atoms with Gasteiger partial charge in [-0.25, -0.2) is 4.68 Å². The van der Waals surface area contributed by atoms with Crippen molar-refractivity contribution in [2.45, 2.75) is 38.4 Å². The summed E-state index contributed by atoms with van der Waals surface area (Å²) < 4.78 is 1.77. The van der Waals surface area contributed by atoms with E-state index in [0.29, 0.717) is 16.7 Å². The van der Waals surface area contributed by atoms with E-state index < -0.39 is 0 Å². The Kier molecular flexibility index (Phi) is 4.47. The van der Waals surface area contributed by atoms with E-state index in [2.05, 4.69) is 27.3 Å². The third-order valence-electron chi connectivity index (χ3n) is 3.62. The van der Waals surface area contributed by atoms with Crippen molar-refractivity contribution in [1.82, 2.24) is 19.7 Å². The number of pyridine rings is 1. The summed E-state index contributed by atoms with van der Waals surface area (Å²) in [5.74, 6) is 1.63. The summed E-state index contributed by atoms with van der Waals surface area (Å²) in [5, 5.41) is 8.50. The highest BCUT2D eigenvalue weighted by molar-refractivity contribution is 7.99. The quantitative estimate of drug-likeness (QED) is 0.850. The van der Waals surface area contributed by atoms with Crippen LogP contribution in [-0.2, 0) is 4.79 Å². The summed E-state index contributed by atoms with van der Waals surface area (Å²) in [4.78, 5) is 21.2. The molecule has 1 N–H and O–H groups in total. The normalized spacial score (nSPS) is 16.9. The molecule has 0 saturated carbocycles. The molecule has 3 heterocycles. The van der Waals surface area contributed by atoms with Crippen LogP contribution < -0.4 is 5.32 Å². The number of nitrogens with one attached hydrogen (secondary N) is 1. The number of Topliss-reactive ketones (excluding diaryl/α,β-unsaturated/α-hetero) is 1. The number of hydrogen-bond acceptors (Lipinski definition) is 6. The van der Waals surface area contributed by atoms with Crippen LogP contribution in [0.2, 0.25) is 0 Å². The van der Waals surface area contributed by atoms with Gasteiger partial charge in [0.05, 0.1) is 5.69 Å². The smallest absolute Gasteiger partial charge is 0.227 e. The van der Waals surface area contributed by atoms with Gasteiger partial charge in [0.15, 0.2) is 5.78 Å². The average Bonchev–Trinajstić information content (AvgIpc) is 2.94.